The molecule has 0 aliphatic heterocycles. The molecule has 0 fully saturated rings. The topological polar surface area (TPSA) is 17.0 Å². The minimum Gasteiger partial charge on any atom is -0.455 e. The molecule has 1 atom stereocenters. The zero-order valence-electron chi connectivity index (χ0n) is 21.7. The standard InChI is InChI=1S/C28H25FNO/c1-17(2)23-15-19(10-13-24(23)29)20-11-14-25(30(4)16-20)27-18(3)9-12-22-21-7-5-6-8-26(21)31-28(22)27/h5-17H,1-4H3/q+1/i1D3,17D. The summed E-state index contributed by atoms with van der Waals surface area (Å²) >= 11 is 0. The lowest BCUT2D eigenvalue weighted by atomic mass is 9.96. The van der Waals surface area contributed by atoms with Gasteiger partial charge in [0.25, 0.3) is 0 Å². The van der Waals surface area contributed by atoms with E-state index < -0.39 is 18.6 Å². The Hall–Kier alpha value is -3.46. The summed E-state index contributed by atoms with van der Waals surface area (Å²) < 4.78 is 54.2. The van der Waals surface area contributed by atoms with E-state index in [1.54, 1.807) is 6.07 Å². The van der Waals surface area contributed by atoms with Crippen molar-refractivity contribution in [1.82, 2.24) is 0 Å². The highest BCUT2D eigenvalue weighted by Crippen LogP contribution is 2.37. The molecule has 0 N–H and O–H groups in total. The monoisotopic (exact) mass is 414 g/mol. The smallest absolute Gasteiger partial charge is 0.216 e. The van der Waals surface area contributed by atoms with Crippen LogP contribution in [0.25, 0.3) is 44.3 Å². The molecule has 3 heteroatoms. The van der Waals surface area contributed by atoms with Gasteiger partial charge in [-0.05, 0) is 53.8 Å². The van der Waals surface area contributed by atoms with E-state index in [1.165, 1.54) is 19.1 Å². The SMILES string of the molecule is [2H]C([2H])([2H])C([2H])(C)c1cc(-c2ccc(-c3c(C)ccc4c3oc3ccccc34)[n+](C)c2)ccc1F. The van der Waals surface area contributed by atoms with Crippen LogP contribution in [0.15, 0.2) is 77.3 Å². The molecule has 31 heavy (non-hydrogen) atoms. The number of halogens is 1. The Labute approximate surface area is 187 Å². The third-order valence-corrected chi connectivity index (χ3v) is 5.85. The van der Waals surface area contributed by atoms with E-state index in [9.17, 15) is 4.39 Å². The van der Waals surface area contributed by atoms with Gasteiger partial charge in [0.2, 0.25) is 5.69 Å². The van der Waals surface area contributed by atoms with Gasteiger partial charge in [-0.25, -0.2) is 8.96 Å². The van der Waals surface area contributed by atoms with Crippen molar-refractivity contribution >= 4 is 21.9 Å². The largest absolute Gasteiger partial charge is 0.455 e. The number of hydrogen-bond donors (Lipinski definition) is 0. The molecule has 0 saturated heterocycles. The second-order valence-corrected chi connectivity index (χ2v) is 7.97. The Balaban J connectivity index is 1.64. The van der Waals surface area contributed by atoms with Crippen molar-refractivity contribution in [2.24, 2.45) is 7.05 Å². The van der Waals surface area contributed by atoms with Crippen molar-refractivity contribution < 1.29 is 18.9 Å². The summed E-state index contributed by atoms with van der Waals surface area (Å²) in [5.74, 6) is -2.76. The summed E-state index contributed by atoms with van der Waals surface area (Å²) in [7, 11) is 1.93. The fourth-order valence-corrected chi connectivity index (χ4v) is 4.24. The first kappa shape index (κ1) is 15.4. The van der Waals surface area contributed by atoms with Crippen LogP contribution in [0.3, 0.4) is 0 Å². The average Bonchev–Trinajstić information content (AvgIpc) is 3.17. The van der Waals surface area contributed by atoms with Crippen LogP contribution in [0.5, 0.6) is 0 Å². The molecule has 5 aromatic rings. The molecule has 0 spiro atoms. The van der Waals surface area contributed by atoms with Gasteiger partial charge >= 0.3 is 0 Å². The zero-order chi connectivity index (χ0) is 25.1. The molecule has 0 amide bonds. The number of aromatic nitrogens is 1. The minimum atomic E-state index is -2.66. The van der Waals surface area contributed by atoms with E-state index in [0.29, 0.717) is 5.56 Å². The number of fused-ring (bicyclic) bond motifs is 3. The van der Waals surface area contributed by atoms with Gasteiger partial charge in [0.1, 0.15) is 24.0 Å². The Kier molecular flexibility index (Phi) is 3.64. The van der Waals surface area contributed by atoms with Crippen LogP contribution in [0.2, 0.25) is 0 Å². The Bertz CT molecular complexity index is 1600. The lowest BCUT2D eigenvalue weighted by Crippen LogP contribution is -2.31. The quantitative estimate of drug-likeness (QED) is 0.283. The molecule has 0 aliphatic rings. The fraction of sp³-hybridized carbons (Fsp3) is 0.179. The van der Waals surface area contributed by atoms with Crippen LogP contribution >= 0.6 is 0 Å². The molecule has 2 nitrogen and oxygen atoms in total. The van der Waals surface area contributed by atoms with E-state index in [-0.39, 0.29) is 5.56 Å². The highest BCUT2D eigenvalue weighted by atomic mass is 19.1. The van der Waals surface area contributed by atoms with E-state index in [2.05, 4.69) is 18.2 Å². The van der Waals surface area contributed by atoms with Crippen LogP contribution in [0, 0.1) is 12.7 Å². The second-order valence-electron chi connectivity index (χ2n) is 7.97. The highest BCUT2D eigenvalue weighted by molar-refractivity contribution is 6.09. The molecule has 2 aromatic heterocycles. The van der Waals surface area contributed by atoms with Gasteiger partial charge in [0.05, 0.1) is 5.56 Å². The molecule has 0 radical (unpaired) electrons. The summed E-state index contributed by atoms with van der Waals surface area (Å²) in [6, 6.07) is 20.3. The van der Waals surface area contributed by atoms with Crippen molar-refractivity contribution in [2.75, 3.05) is 0 Å². The van der Waals surface area contributed by atoms with Crippen LogP contribution in [-0.4, -0.2) is 0 Å². The first-order valence-corrected chi connectivity index (χ1v) is 10.2. The van der Waals surface area contributed by atoms with Gasteiger partial charge < -0.3 is 4.42 Å². The zero-order valence-corrected chi connectivity index (χ0v) is 17.7. The maximum absolute atomic E-state index is 14.6. The average molecular weight is 415 g/mol. The Morgan fingerprint density at radius 3 is 2.61 bits per heavy atom. The Morgan fingerprint density at radius 1 is 1.00 bits per heavy atom. The number of aryl methyl sites for hydroxylation is 2. The van der Waals surface area contributed by atoms with Gasteiger partial charge in [0, 0.05) is 27.9 Å². The van der Waals surface area contributed by atoms with Crippen LogP contribution in [0.4, 0.5) is 4.39 Å². The molecule has 5 rings (SSSR count). The molecular weight excluding hydrogens is 385 g/mol. The molecule has 3 aromatic carbocycles. The first-order chi connectivity index (χ1) is 16.5. The normalized spacial score (nSPS) is 15.9. The van der Waals surface area contributed by atoms with E-state index in [0.717, 1.165) is 44.3 Å². The van der Waals surface area contributed by atoms with Crippen LogP contribution in [0.1, 0.15) is 36.3 Å². The van der Waals surface area contributed by atoms with Crippen molar-refractivity contribution in [3.8, 4) is 22.4 Å². The maximum Gasteiger partial charge on any atom is 0.216 e. The van der Waals surface area contributed by atoms with Gasteiger partial charge in [-0.2, -0.15) is 0 Å². The summed E-state index contributed by atoms with van der Waals surface area (Å²) in [6.45, 7) is 0.609. The number of pyridine rings is 1. The summed E-state index contributed by atoms with van der Waals surface area (Å²) in [6.07, 6.45) is 1.92. The van der Waals surface area contributed by atoms with E-state index >= 15 is 0 Å². The predicted octanol–water partition coefficient (Wildman–Crippen LogP) is 7.32. The van der Waals surface area contributed by atoms with Gasteiger partial charge in [0.15, 0.2) is 6.20 Å². The molecule has 1 unspecified atom stereocenters. The number of nitrogens with zero attached hydrogens (tertiary/aromatic N) is 1. The molecule has 0 saturated carbocycles. The molecular formula is C28H25FNO+. The van der Waals surface area contributed by atoms with Gasteiger partial charge in [-0.3, -0.25) is 0 Å². The predicted molar refractivity (Wildman–Crippen MR) is 125 cm³/mol. The van der Waals surface area contributed by atoms with Crippen LogP contribution in [-0.2, 0) is 7.05 Å². The summed E-state index contributed by atoms with van der Waals surface area (Å²) in [5, 5.41) is 2.11. The van der Waals surface area contributed by atoms with E-state index in [4.69, 9.17) is 9.90 Å². The van der Waals surface area contributed by atoms with Gasteiger partial charge in [-0.15, -0.1) is 0 Å². The van der Waals surface area contributed by atoms with Crippen molar-refractivity contribution in [3.63, 3.8) is 0 Å². The third-order valence-electron chi connectivity index (χ3n) is 5.85. The van der Waals surface area contributed by atoms with Crippen LogP contribution < -0.4 is 4.57 Å². The minimum absolute atomic E-state index is 0.149. The molecule has 2 heterocycles. The molecule has 0 aliphatic carbocycles. The van der Waals surface area contributed by atoms with Crippen molar-refractivity contribution in [1.29, 1.82) is 0 Å². The van der Waals surface area contributed by atoms with Crippen molar-refractivity contribution in [3.05, 3.63) is 89.9 Å². The molecule has 154 valence electrons. The lowest BCUT2D eigenvalue weighted by Gasteiger charge is -2.10. The maximum atomic E-state index is 14.6. The number of rotatable bonds is 3. The Morgan fingerprint density at radius 2 is 1.81 bits per heavy atom. The molecule has 0 bridgehead atoms. The first-order valence-electron chi connectivity index (χ1n) is 12.2. The highest BCUT2D eigenvalue weighted by Gasteiger charge is 2.21. The number of furan rings is 1. The second kappa shape index (κ2) is 7.35. The van der Waals surface area contributed by atoms with Crippen molar-refractivity contribution in [2.45, 2.75) is 26.6 Å². The number of para-hydroxylation sites is 1. The fourth-order valence-electron chi connectivity index (χ4n) is 4.24. The van der Waals surface area contributed by atoms with Gasteiger partial charge in [-0.1, -0.05) is 50.2 Å². The number of benzene rings is 3. The summed E-state index contributed by atoms with van der Waals surface area (Å²) in [4.78, 5) is 0. The third kappa shape index (κ3) is 3.21. The number of hydrogen-bond acceptors (Lipinski definition) is 1. The van der Waals surface area contributed by atoms with E-state index in [1.807, 2.05) is 55.1 Å². The lowest BCUT2D eigenvalue weighted by molar-refractivity contribution is -0.659. The summed E-state index contributed by atoms with van der Waals surface area (Å²) in [5.41, 5.74) is 5.95.